The molecule has 108 valence electrons. The highest BCUT2D eigenvalue weighted by atomic mass is 32.1. The van der Waals surface area contributed by atoms with E-state index in [0.29, 0.717) is 5.56 Å². The number of esters is 1. The van der Waals surface area contributed by atoms with E-state index in [1.165, 1.54) is 18.4 Å². The number of amides is 1. The topological polar surface area (TPSA) is 81.4 Å². The SMILES string of the molecule is COC(=O)C(NC(=O)c1csc(C#CCN)c1)C(C)C. The van der Waals surface area contributed by atoms with Gasteiger partial charge in [-0.2, -0.15) is 0 Å². The number of nitrogens with two attached hydrogens (primary N) is 1. The highest BCUT2D eigenvalue weighted by molar-refractivity contribution is 7.10. The first-order valence-electron chi connectivity index (χ1n) is 6.15. The van der Waals surface area contributed by atoms with E-state index in [1.807, 2.05) is 13.8 Å². The van der Waals surface area contributed by atoms with Crippen molar-refractivity contribution < 1.29 is 14.3 Å². The van der Waals surface area contributed by atoms with E-state index in [0.717, 1.165) is 4.88 Å². The Morgan fingerprint density at radius 1 is 1.50 bits per heavy atom. The lowest BCUT2D eigenvalue weighted by molar-refractivity contribution is -0.144. The first kappa shape index (κ1) is 16.2. The Kier molecular flexibility index (Phi) is 6.22. The molecule has 0 saturated carbocycles. The zero-order valence-electron chi connectivity index (χ0n) is 11.7. The van der Waals surface area contributed by atoms with Crippen LogP contribution >= 0.6 is 11.3 Å². The van der Waals surface area contributed by atoms with E-state index in [1.54, 1.807) is 11.4 Å². The van der Waals surface area contributed by atoms with Crippen LogP contribution in [0, 0.1) is 17.8 Å². The lowest BCUT2D eigenvalue weighted by Gasteiger charge is -2.19. The fourth-order valence-corrected chi connectivity index (χ4v) is 2.26. The fraction of sp³-hybridized carbons (Fsp3) is 0.429. The van der Waals surface area contributed by atoms with Crippen LogP contribution in [0.15, 0.2) is 11.4 Å². The van der Waals surface area contributed by atoms with Crippen LogP contribution in [0.4, 0.5) is 0 Å². The van der Waals surface area contributed by atoms with E-state index in [2.05, 4.69) is 21.9 Å². The van der Waals surface area contributed by atoms with Gasteiger partial charge in [0.1, 0.15) is 6.04 Å². The molecule has 0 bridgehead atoms. The Bertz CT molecular complexity index is 540. The van der Waals surface area contributed by atoms with Crippen molar-refractivity contribution in [3.05, 3.63) is 21.9 Å². The molecule has 0 spiro atoms. The molecule has 1 amide bonds. The van der Waals surface area contributed by atoms with Gasteiger partial charge >= 0.3 is 5.97 Å². The van der Waals surface area contributed by atoms with Crippen molar-refractivity contribution in [2.45, 2.75) is 19.9 Å². The van der Waals surface area contributed by atoms with Gasteiger partial charge in [0.05, 0.1) is 24.1 Å². The molecule has 0 aliphatic carbocycles. The number of thiophene rings is 1. The van der Waals surface area contributed by atoms with Crippen LogP contribution in [0.1, 0.15) is 29.1 Å². The van der Waals surface area contributed by atoms with Gasteiger partial charge in [-0.1, -0.05) is 25.7 Å². The summed E-state index contributed by atoms with van der Waals surface area (Å²) in [5.41, 5.74) is 5.77. The van der Waals surface area contributed by atoms with Gasteiger partial charge in [0.25, 0.3) is 5.91 Å². The zero-order chi connectivity index (χ0) is 15.1. The molecule has 1 atom stereocenters. The molecule has 0 aliphatic rings. The number of hydrogen-bond donors (Lipinski definition) is 2. The molecule has 0 aliphatic heterocycles. The highest BCUT2D eigenvalue weighted by Gasteiger charge is 2.25. The zero-order valence-corrected chi connectivity index (χ0v) is 12.5. The van der Waals surface area contributed by atoms with Crippen LogP contribution in [0.25, 0.3) is 0 Å². The summed E-state index contributed by atoms with van der Waals surface area (Å²) in [6.07, 6.45) is 0. The van der Waals surface area contributed by atoms with E-state index in [9.17, 15) is 9.59 Å². The van der Waals surface area contributed by atoms with Gasteiger partial charge in [0.2, 0.25) is 0 Å². The number of carbonyl (C=O) groups is 2. The highest BCUT2D eigenvalue weighted by Crippen LogP contribution is 2.14. The third kappa shape index (κ3) is 4.37. The van der Waals surface area contributed by atoms with Gasteiger partial charge in [-0.3, -0.25) is 4.79 Å². The van der Waals surface area contributed by atoms with Gasteiger partial charge in [-0.15, -0.1) is 11.3 Å². The van der Waals surface area contributed by atoms with Gasteiger partial charge in [-0.05, 0) is 12.0 Å². The summed E-state index contributed by atoms with van der Waals surface area (Å²) in [5, 5.41) is 4.37. The third-order valence-electron chi connectivity index (χ3n) is 2.58. The monoisotopic (exact) mass is 294 g/mol. The van der Waals surface area contributed by atoms with Crippen molar-refractivity contribution in [2.75, 3.05) is 13.7 Å². The van der Waals surface area contributed by atoms with Crippen molar-refractivity contribution in [3.63, 3.8) is 0 Å². The van der Waals surface area contributed by atoms with Crippen molar-refractivity contribution >= 4 is 23.2 Å². The van der Waals surface area contributed by atoms with Gasteiger partial charge in [0, 0.05) is 5.38 Å². The number of rotatable bonds is 4. The second kappa shape index (κ2) is 7.68. The molecule has 20 heavy (non-hydrogen) atoms. The molecule has 0 aromatic carbocycles. The Hall–Kier alpha value is -1.84. The van der Waals surface area contributed by atoms with E-state index < -0.39 is 12.0 Å². The smallest absolute Gasteiger partial charge is 0.328 e. The first-order valence-corrected chi connectivity index (χ1v) is 7.03. The van der Waals surface area contributed by atoms with Gasteiger partial charge in [0.15, 0.2) is 0 Å². The third-order valence-corrected chi connectivity index (χ3v) is 3.43. The summed E-state index contributed by atoms with van der Waals surface area (Å²) in [7, 11) is 1.30. The van der Waals surface area contributed by atoms with Gasteiger partial charge < -0.3 is 15.8 Å². The average Bonchev–Trinajstić information content (AvgIpc) is 2.89. The number of nitrogens with one attached hydrogen (secondary N) is 1. The minimum atomic E-state index is -0.661. The largest absolute Gasteiger partial charge is 0.467 e. The molecule has 3 N–H and O–H groups in total. The molecule has 1 aromatic heterocycles. The Morgan fingerprint density at radius 3 is 2.75 bits per heavy atom. The number of carbonyl (C=O) groups excluding carboxylic acids is 2. The summed E-state index contributed by atoms with van der Waals surface area (Å²) in [6.45, 7) is 3.96. The standard InChI is InChI=1S/C14H18N2O3S/c1-9(2)12(14(18)19-3)16-13(17)10-7-11(20-8-10)5-4-6-15/h7-9,12H,6,15H2,1-3H3,(H,16,17). The summed E-state index contributed by atoms with van der Waals surface area (Å²) >= 11 is 1.36. The number of hydrogen-bond acceptors (Lipinski definition) is 5. The minimum absolute atomic E-state index is 0.0541. The molecule has 1 rings (SSSR count). The molecule has 0 fully saturated rings. The van der Waals surface area contributed by atoms with Crippen LogP contribution in [0.2, 0.25) is 0 Å². The van der Waals surface area contributed by atoms with Crippen molar-refractivity contribution in [1.82, 2.24) is 5.32 Å². The molecule has 0 radical (unpaired) electrons. The Balaban J connectivity index is 2.79. The number of methoxy groups -OCH3 is 1. The summed E-state index contributed by atoms with van der Waals surface area (Å²) in [4.78, 5) is 24.4. The molecule has 0 saturated heterocycles. The average molecular weight is 294 g/mol. The Morgan fingerprint density at radius 2 is 2.20 bits per heavy atom. The Labute approximate surface area is 122 Å². The summed E-state index contributed by atoms with van der Waals surface area (Å²) < 4.78 is 4.68. The second-order valence-electron chi connectivity index (χ2n) is 4.42. The molecule has 1 aromatic rings. The van der Waals surface area contributed by atoms with Crippen LogP contribution in [-0.2, 0) is 9.53 Å². The summed E-state index contributed by atoms with van der Waals surface area (Å²) in [6, 6.07) is 1.02. The van der Waals surface area contributed by atoms with E-state index in [-0.39, 0.29) is 18.4 Å². The molecule has 5 nitrogen and oxygen atoms in total. The van der Waals surface area contributed by atoms with E-state index in [4.69, 9.17) is 5.73 Å². The minimum Gasteiger partial charge on any atom is -0.467 e. The maximum absolute atomic E-state index is 12.1. The van der Waals surface area contributed by atoms with Crippen LogP contribution < -0.4 is 11.1 Å². The maximum Gasteiger partial charge on any atom is 0.328 e. The van der Waals surface area contributed by atoms with Crippen LogP contribution in [-0.4, -0.2) is 31.6 Å². The second-order valence-corrected chi connectivity index (χ2v) is 5.34. The van der Waals surface area contributed by atoms with Crippen molar-refractivity contribution in [2.24, 2.45) is 11.7 Å². The lowest BCUT2D eigenvalue weighted by Crippen LogP contribution is -2.44. The van der Waals surface area contributed by atoms with Crippen LogP contribution in [0.5, 0.6) is 0 Å². The molecule has 1 heterocycles. The summed E-state index contributed by atoms with van der Waals surface area (Å²) in [5.74, 6) is 4.77. The van der Waals surface area contributed by atoms with Crippen molar-refractivity contribution in [3.8, 4) is 11.8 Å². The van der Waals surface area contributed by atoms with Crippen molar-refractivity contribution in [1.29, 1.82) is 0 Å². The quantitative estimate of drug-likeness (QED) is 0.641. The lowest BCUT2D eigenvalue weighted by atomic mass is 10.0. The molecular formula is C14H18N2O3S. The first-order chi connectivity index (χ1) is 9.49. The predicted octanol–water partition coefficient (Wildman–Crippen LogP) is 0.986. The van der Waals surface area contributed by atoms with Gasteiger partial charge in [-0.25, -0.2) is 4.79 Å². The van der Waals surface area contributed by atoms with Crippen LogP contribution in [0.3, 0.4) is 0 Å². The van der Waals surface area contributed by atoms with E-state index >= 15 is 0 Å². The normalized spacial score (nSPS) is 11.4. The molecular weight excluding hydrogens is 276 g/mol. The fourth-order valence-electron chi connectivity index (χ4n) is 1.51. The maximum atomic E-state index is 12.1. The predicted molar refractivity (Wildman–Crippen MR) is 78.4 cm³/mol. The number of ether oxygens (including phenoxy) is 1. The molecule has 1 unspecified atom stereocenters. The molecule has 6 heteroatoms.